The first-order valence-electron chi connectivity index (χ1n) is 5.12. The van der Waals surface area contributed by atoms with E-state index in [4.69, 9.17) is 5.11 Å². The molecule has 0 bridgehead atoms. The van der Waals surface area contributed by atoms with Crippen LogP contribution in [0.4, 0.5) is 18.9 Å². The number of amides is 1. The molecule has 0 aliphatic carbocycles. The zero-order chi connectivity index (χ0) is 13.4. The quantitative estimate of drug-likeness (QED) is 0.822. The Labute approximate surface area is 99.6 Å². The molecule has 1 saturated heterocycles. The molecule has 1 unspecified atom stereocenters. The van der Waals surface area contributed by atoms with Gasteiger partial charge >= 0.3 is 5.97 Å². The molecule has 1 aliphatic heterocycles. The highest BCUT2D eigenvalue weighted by molar-refractivity contribution is 6.02. The van der Waals surface area contributed by atoms with Gasteiger partial charge in [0.1, 0.15) is 6.04 Å². The van der Waals surface area contributed by atoms with Crippen molar-refractivity contribution in [3.05, 3.63) is 29.6 Å². The Morgan fingerprint density at radius 1 is 1.28 bits per heavy atom. The van der Waals surface area contributed by atoms with E-state index in [2.05, 4.69) is 0 Å². The fourth-order valence-corrected chi connectivity index (χ4v) is 1.92. The molecule has 0 aromatic heterocycles. The van der Waals surface area contributed by atoms with Crippen molar-refractivity contribution in [3.63, 3.8) is 0 Å². The average Bonchev–Trinajstić information content (AvgIpc) is 2.69. The number of aliphatic carboxylic acids is 1. The van der Waals surface area contributed by atoms with Crippen LogP contribution in [0.1, 0.15) is 12.8 Å². The third-order valence-electron chi connectivity index (χ3n) is 2.77. The van der Waals surface area contributed by atoms with Gasteiger partial charge in [-0.2, -0.15) is 0 Å². The molecule has 1 aromatic rings. The fraction of sp³-hybridized carbons (Fsp3) is 0.273. The SMILES string of the molecule is O=C(O)C1CCC(=O)N1c1ccc(F)c(F)c1F. The van der Waals surface area contributed by atoms with Gasteiger partial charge in [0, 0.05) is 6.42 Å². The van der Waals surface area contributed by atoms with Crippen LogP contribution in [0.25, 0.3) is 0 Å². The van der Waals surface area contributed by atoms with Crippen LogP contribution < -0.4 is 4.90 Å². The number of benzene rings is 1. The Kier molecular flexibility index (Phi) is 2.98. The first-order valence-corrected chi connectivity index (χ1v) is 5.12. The third-order valence-corrected chi connectivity index (χ3v) is 2.77. The summed E-state index contributed by atoms with van der Waals surface area (Å²) in [7, 11) is 0. The lowest BCUT2D eigenvalue weighted by Gasteiger charge is -2.22. The Morgan fingerprint density at radius 2 is 1.94 bits per heavy atom. The molecule has 4 nitrogen and oxygen atoms in total. The number of carboxylic acid groups (broad SMARTS) is 1. The molecule has 1 atom stereocenters. The number of carboxylic acids is 1. The summed E-state index contributed by atoms with van der Waals surface area (Å²) in [5.74, 6) is -6.63. The largest absolute Gasteiger partial charge is 0.480 e. The van der Waals surface area contributed by atoms with Gasteiger partial charge in [-0.15, -0.1) is 0 Å². The molecular formula is C11H8F3NO3. The molecule has 1 aromatic carbocycles. The maximum atomic E-state index is 13.5. The van der Waals surface area contributed by atoms with Crippen LogP contribution in [-0.4, -0.2) is 23.0 Å². The van der Waals surface area contributed by atoms with E-state index >= 15 is 0 Å². The average molecular weight is 259 g/mol. The van der Waals surface area contributed by atoms with E-state index < -0.39 is 41.1 Å². The van der Waals surface area contributed by atoms with Crippen LogP contribution in [-0.2, 0) is 9.59 Å². The predicted octanol–water partition coefficient (Wildman–Crippen LogP) is 1.68. The summed E-state index contributed by atoms with van der Waals surface area (Å²) in [6, 6.07) is 0.252. The van der Waals surface area contributed by atoms with Crippen LogP contribution in [0, 0.1) is 17.5 Å². The van der Waals surface area contributed by atoms with Crippen molar-refractivity contribution in [1.29, 1.82) is 0 Å². The third kappa shape index (κ3) is 1.81. The van der Waals surface area contributed by atoms with Crippen LogP contribution >= 0.6 is 0 Å². The first kappa shape index (κ1) is 12.4. The second kappa shape index (κ2) is 4.32. The maximum Gasteiger partial charge on any atom is 0.326 e. The van der Waals surface area contributed by atoms with Crippen molar-refractivity contribution >= 4 is 17.6 Å². The van der Waals surface area contributed by atoms with E-state index in [1.807, 2.05) is 0 Å². The first-order chi connectivity index (χ1) is 8.43. The Bertz CT molecular complexity index is 533. The lowest BCUT2D eigenvalue weighted by atomic mass is 10.2. The summed E-state index contributed by atoms with van der Waals surface area (Å²) < 4.78 is 39.4. The van der Waals surface area contributed by atoms with Crippen LogP contribution in [0.2, 0.25) is 0 Å². The summed E-state index contributed by atoms with van der Waals surface area (Å²) in [6.45, 7) is 0. The van der Waals surface area contributed by atoms with E-state index in [0.29, 0.717) is 11.0 Å². The second-order valence-corrected chi connectivity index (χ2v) is 3.85. The Morgan fingerprint density at radius 3 is 2.56 bits per heavy atom. The van der Waals surface area contributed by atoms with E-state index in [1.165, 1.54) is 0 Å². The summed E-state index contributed by atoms with van der Waals surface area (Å²) in [5.41, 5.74) is -0.552. The minimum atomic E-state index is -1.73. The zero-order valence-electron chi connectivity index (χ0n) is 8.99. The molecule has 1 fully saturated rings. The van der Waals surface area contributed by atoms with Gasteiger partial charge in [-0.25, -0.2) is 18.0 Å². The number of nitrogens with zero attached hydrogens (tertiary/aromatic N) is 1. The summed E-state index contributed by atoms with van der Waals surface area (Å²) >= 11 is 0. The number of carbonyl (C=O) groups is 2. The van der Waals surface area contributed by atoms with Gasteiger partial charge < -0.3 is 5.11 Å². The fourth-order valence-electron chi connectivity index (χ4n) is 1.92. The summed E-state index contributed by atoms with van der Waals surface area (Å²) in [5, 5.41) is 8.89. The number of hydrogen-bond donors (Lipinski definition) is 1. The standard InChI is InChI=1S/C11H8F3NO3/c12-5-1-2-6(10(14)9(5)13)15-7(11(17)18)3-4-8(15)16/h1-2,7H,3-4H2,(H,17,18). The molecule has 0 saturated carbocycles. The van der Waals surface area contributed by atoms with Gasteiger partial charge in [0.15, 0.2) is 17.5 Å². The van der Waals surface area contributed by atoms with Gasteiger partial charge in [-0.05, 0) is 18.6 Å². The molecule has 18 heavy (non-hydrogen) atoms. The highest BCUT2D eigenvalue weighted by Gasteiger charge is 2.39. The smallest absolute Gasteiger partial charge is 0.326 e. The van der Waals surface area contributed by atoms with Gasteiger partial charge in [-0.3, -0.25) is 9.69 Å². The molecule has 2 rings (SSSR count). The van der Waals surface area contributed by atoms with Crippen LogP contribution in [0.3, 0.4) is 0 Å². The van der Waals surface area contributed by atoms with E-state index in [-0.39, 0.29) is 12.8 Å². The molecule has 7 heteroatoms. The molecule has 96 valence electrons. The monoisotopic (exact) mass is 259 g/mol. The molecule has 0 radical (unpaired) electrons. The molecule has 1 amide bonds. The van der Waals surface area contributed by atoms with Gasteiger partial charge in [0.2, 0.25) is 5.91 Å². The number of hydrogen-bond acceptors (Lipinski definition) is 2. The lowest BCUT2D eigenvalue weighted by molar-refractivity contribution is -0.138. The van der Waals surface area contributed by atoms with Gasteiger partial charge in [0.25, 0.3) is 0 Å². The Balaban J connectivity index is 2.50. The highest BCUT2D eigenvalue weighted by atomic mass is 19.2. The topological polar surface area (TPSA) is 57.6 Å². The number of anilines is 1. The van der Waals surface area contributed by atoms with Gasteiger partial charge in [-0.1, -0.05) is 0 Å². The minimum Gasteiger partial charge on any atom is -0.480 e. The minimum absolute atomic E-state index is 0.00655. The van der Waals surface area contributed by atoms with Crippen molar-refractivity contribution in [2.24, 2.45) is 0 Å². The second-order valence-electron chi connectivity index (χ2n) is 3.85. The van der Waals surface area contributed by atoms with Crippen molar-refractivity contribution in [2.75, 3.05) is 4.90 Å². The van der Waals surface area contributed by atoms with Crippen molar-refractivity contribution < 1.29 is 27.9 Å². The number of carbonyl (C=O) groups excluding carboxylic acids is 1. The van der Waals surface area contributed by atoms with Crippen molar-refractivity contribution in [1.82, 2.24) is 0 Å². The Hall–Kier alpha value is -2.05. The molecule has 1 aliphatic rings. The highest BCUT2D eigenvalue weighted by Crippen LogP contribution is 2.30. The number of rotatable bonds is 2. The lowest BCUT2D eigenvalue weighted by Crippen LogP contribution is -2.39. The van der Waals surface area contributed by atoms with Crippen molar-refractivity contribution in [2.45, 2.75) is 18.9 Å². The van der Waals surface area contributed by atoms with Crippen LogP contribution in [0.15, 0.2) is 12.1 Å². The van der Waals surface area contributed by atoms with Crippen molar-refractivity contribution in [3.8, 4) is 0 Å². The van der Waals surface area contributed by atoms with Gasteiger partial charge in [0.05, 0.1) is 5.69 Å². The normalized spacial score (nSPS) is 19.4. The van der Waals surface area contributed by atoms with E-state index in [9.17, 15) is 22.8 Å². The zero-order valence-corrected chi connectivity index (χ0v) is 8.99. The predicted molar refractivity (Wildman–Crippen MR) is 54.5 cm³/mol. The van der Waals surface area contributed by atoms with E-state index in [0.717, 1.165) is 6.07 Å². The molecular weight excluding hydrogens is 251 g/mol. The van der Waals surface area contributed by atoms with Crippen LogP contribution in [0.5, 0.6) is 0 Å². The summed E-state index contributed by atoms with van der Waals surface area (Å²) in [6.07, 6.45) is -0.0675. The van der Waals surface area contributed by atoms with E-state index in [1.54, 1.807) is 0 Å². The maximum absolute atomic E-state index is 13.5. The summed E-state index contributed by atoms with van der Waals surface area (Å²) in [4.78, 5) is 23.1. The molecule has 0 spiro atoms. The molecule has 1 heterocycles. The molecule has 1 N–H and O–H groups in total. The number of halogens is 3.